The fraction of sp³-hybridized carbons (Fsp3) is 0.500. The average molecular weight is 223 g/mol. The molecule has 0 unspecified atom stereocenters. The molecule has 0 N–H and O–H groups in total. The molecule has 0 spiro atoms. The van der Waals surface area contributed by atoms with Crippen LogP contribution in [0, 0.1) is 12.0 Å². The van der Waals surface area contributed by atoms with Crippen LogP contribution in [-0.2, 0) is 16.3 Å². The summed E-state index contributed by atoms with van der Waals surface area (Å²) >= 11 is 0. The van der Waals surface area contributed by atoms with E-state index < -0.39 is 9.84 Å². The zero-order valence-electron chi connectivity index (χ0n) is 8.65. The van der Waals surface area contributed by atoms with Gasteiger partial charge in [0.1, 0.15) is 9.84 Å². The maximum absolute atomic E-state index is 11.2. The van der Waals surface area contributed by atoms with Crippen molar-refractivity contribution in [2.75, 3.05) is 11.5 Å². The van der Waals surface area contributed by atoms with E-state index in [1.165, 1.54) is 5.56 Å². The summed E-state index contributed by atoms with van der Waals surface area (Å²) < 4.78 is 22.5. The van der Waals surface area contributed by atoms with E-state index in [1.807, 2.05) is 12.1 Å². The van der Waals surface area contributed by atoms with Crippen LogP contribution in [0.5, 0.6) is 0 Å². The zero-order valence-corrected chi connectivity index (χ0v) is 9.46. The van der Waals surface area contributed by atoms with Crippen molar-refractivity contribution < 1.29 is 8.42 Å². The van der Waals surface area contributed by atoms with Gasteiger partial charge in [0, 0.05) is 0 Å². The number of sulfone groups is 1. The van der Waals surface area contributed by atoms with E-state index in [0.29, 0.717) is 17.4 Å². The Labute approximate surface area is 91.2 Å². The zero-order chi connectivity index (χ0) is 10.7. The third-order valence-corrected chi connectivity index (χ3v) is 4.70. The Morgan fingerprint density at radius 1 is 1.20 bits per heavy atom. The van der Waals surface area contributed by atoms with Gasteiger partial charge in [0.25, 0.3) is 0 Å². The van der Waals surface area contributed by atoms with E-state index in [1.54, 1.807) is 0 Å². The molecule has 0 saturated carbocycles. The highest BCUT2D eigenvalue weighted by Crippen LogP contribution is 2.22. The Morgan fingerprint density at radius 3 is 2.40 bits per heavy atom. The van der Waals surface area contributed by atoms with Gasteiger partial charge in [0.2, 0.25) is 0 Å². The fourth-order valence-corrected chi connectivity index (χ4v) is 3.62. The highest BCUT2D eigenvalue weighted by Gasteiger charge is 2.23. The third-order valence-electron chi connectivity index (χ3n) is 2.99. The summed E-state index contributed by atoms with van der Waals surface area (Å²) in [6.07, 6.45) is 2.64. The normalized spacial score (nSPS) is 21.3. The Kier molecular flexibility index (Phi) is 3.10. The first-order valence-corrected chi connectivity index (χ1v) is 7.13. The molecule has 1 aromatic rings. The molecular weight excluding hydrogens is 208 g/mol. The van der Waals surface area contributed by atoms with Crippen molar-refractivity contribution in [2.45, 2.75) is 19.3 Å². The second-order valence-electron chi connectivity index (χ2n) is 4.21. The first-order valence-electron chi connectivity index (χ1n) is 5.31. The van der Waals surface area contributed by atoms with Gasteiger partial charge in [-0.15, -0.1) is 0 Å². The van der Waals surface area contributed by atoms with Crippen molar-refractivity contribution in [3.63, 3.8) is 0 Å². The van der Waals surface area contributed by atoms with Gasteiger partial charge in [-0.05, 0) is 36.8 Å². The fourth-order valence-electron chi connectivity index (χ4n) is 2.03. The van der Waals surface area contributed by atoms with Crippen LogP contribution in [0.25, 0.3) is 0 Å². The molecule has 0 atom stereocenters. The van der Waals surface area contributed by atoms with Crippen LogP contribution in [0.1, 0.15) is 18.4 Å². The minimum Gasteiger partial charge on any atom is -0.229 e. The predicted octanol–water partition coefficient (Wildman–Crippen LogP) is 1.85. The predicted molar refractivity (Wildman–Crippen MR) is 60.4 cm³/mol. The lowest BCUT2D eigenvalue weighted by Crippen LogP contribution is -2.24. The molecule has 1 aliphatic rings. The summed E-state index contributed by atoms with van der Waals surface area (Å²) in [5.41, 5.74) is 1.29. The summed E-state index contributed by atoms with van der Waals surface area (Å²) in [6.45, 7) is 0. The summed E-state index contributed by atoms with van der Waals surface area (Å²) in [5.74, 6) is 1.28. The van der Waals surface area contributed by atoms with Gasteiger partial charge in [-0.2, -0.15) is 0 Å². The van der Waals surface area contributed by atoms with Crippen LogP contribution in [0.2, 0.25) is 0 Å². The second-order valence-corrected chi connectivity index (χ2v) is 6.51. The van der Waals surface area contributed by atoms with Crippen molar-refractivity contribution in [1.82, 2.24) is 0 Å². The molecule has 1 heterocycles. The van der Waals surface area contributed by atoms with Gasteiger partial charge < -0.3 is 0 Å². The SMILES string of the molecule is O=S1(=O)CCC(Cc2cc[c]cc2)CC1. The molecule has 81 valence electrons. The van der Waals surface area contributed by atoms with Gasteiger partial charge in [-0.1, -0.05) is 24.3 Å². The molecule has 15 heavy (non-hydrogen) atoms. The van der Waals surface area contributed by atoms with Gasteiger partial charge in [0.15, 0.2) is 0 Å². The number of hydrogen-bond donors (Lipinski definition) is 0. The van der Waals surface area contributed by atoms with Gasteiger partial charge in [-0.25, -0.2) is 8.42 Å². The molecule has 1 saturated heterocycles. The monoisotopic (exact) mass is 223 g/mol. The minimum absolute atomic E-state index is 0.372. The highest BCUT2D eigenvalue weighted by atomic mass is 32.2. The van der Waals surface area contributed by atoms with Gasteiger partial charge in [0.05, 0.1) is 11.5 Å². The van der Waals surface area contributed by atoms with E-state index in [4.69, 9.17) is 0 Å². The maximum atomic E-state index is 11.2. The molecule has 3 heteroatoms. The Balaban J connectivity index is 1.93. The maximum Gasteiger partial charge on any atom is 0.150 e. The lowest BCUT2D eigenvalue weighted by Gasteiger charge is -2.21. The van der Waals surface area contributed by atoms with Crippen LogP contribution >= 0.6 is 0 Å². The first-order chi connectivity index (χ1) is 7.16. The smallest absolute Gasteiger partial charge is 0.150 e. The third kappa shape index (κ3) is 3.06. The average Bonchev–Trinajstić information content (AvgIpc) is 2.23. The van der Waals surface area contributed by atoms with Crippen LogP contribution < -0.4 is 0 Å². The van der Waals surface area contributed by atoms with Crippen LogP contribution in [0.3, 0.4) is 0 Å². The topological polar surface area (TPSA) is 34.1 Å². The van der Waals surface area contributed by atoms with Crippen molar-refractivity contribution in [3.8, 4) is 0 Å². The van der Waals surface area contributed by atoms with Crippen LogP contribution in [0.15, 0.2) is 24.3 Å². The molecule has 0 aromatic heterocycles. The molecule has 1 fully saturated rings. The molecule has 0 bridgehead atoms. The lowest BCUT2D eigenvalue weighted by atomic mass is 9.94. The summed E-state index contributed by atoms with van der Waals surface area (Å²) in [6, 6.07) is 10.9. The molecule has 0 aliphatic carbocycles. The summed E-state index contributed by atoms with van der Waals surface area (Å²) in [4.78, 5) is 0. The van der Waals surface area contributed by atoms with Crippen molar-refractivity contribution in [2.24, 2.45) is 5.92 Å². The van der Waals surface area contributed by atoms with E-state index in [2.05, 4.69) is 18.2 Å². The summed E-state index contributed by atoms with van der Waals surface area (Å²) in [7, 11) is -2.71. The Bertz CT molecular complexity index is 395. The number of benzene rings is 1. The molecule has 0 amide bonds. The van der Waals surface area contributed by atoms with Crippen LogP contribution in [0.4, 0.5) is 0 Å². The van der Waals surface area contributed by atoms with Crippen molar-refractivity contribution in [1.29, 1.82) is 0 Å². The Morgan fingerprint density at radius 2 is 1.80 bits per heavy atom. The molecule has 1 aliphatic heterocycles. The van der Waals surface area contributed by atoms with E-state index in [0.717, 1.165) is 19.3 Å². The Hall–Kier alpha value is -0.830. The summed E-state index contributed by atoms with van der Waals surface area (Å²) in [5, 5.41) is 0. The second kappa shape index (κ2) is 4.35. The van der Waals surface area contributed by atoms with E-state index in [9.17, 15) is 8.42 Å². The molecule has 1 radical (unpaired) electrons. The van der Waals surface area contributed by atoms with E-state index >= 15 is 0 Å². The van der Waals surface area contributed by atoms with Crippen molar-refractivity contribution >= 4 is 9.84 Å². The largest absolute Gasteiger partial charge is 0.229 e. The highest BCUT2D eigenvalue weighted by molar-refractivity contribution is 7.91. The van der Waals surface area contributed by atoms with E-state index in [-0.39, 0.29) is 0 Å². The van der Waals surface area contributed by atoms with Gasteiger partial charge >= 0.3 is 0 Å². The number of rotatable bonds is 2. The minimum atomic E-state index is -2.71. The quantitative estimate of drug-likeness (QED) is 0.767. The van der Waals surface area contributed by atoms with Gasteiger partial charge in [-0.3, -0.25) is 0 Å². The van der Waals surface area contributed by atoms with Crippen molar-refractivity contribution in [3.05, 3.63) is 35.9 Å². The molecular formula is C12H15O2S. The standard InChI is InChI=1S/C12H15O2S/c13-15(14)8-6-12(7-9-15)10-11-4-2-1-3-5-11/h2-5,12H,6-10H2. The first kappa shape index (κ1) is 10.7. The molecule has 1 aromatic carbocycles. The molecule has 2 rings (SSSR count). The molecule has 2 nitrogen and oxygen atoms in total. The lowest BCUT2D eigenvalue weighted by molar-refractivity contribution is 0.463. The number of hydrogen-bond acceptors (Lipinski definition) is 2. The van der Waals surface area contributed by atoms with Crippen LogP contribution in [-0.4, -0.2) is 19.9 Å².